The van der Waals surface area contributed by atoms with Crippen molar-refractivity contribution in [2.75, 3.05) is 27.9 Å². The van der Waals surface area contributed by atoms with Gasteiger partial charge in [-0.05, 0) is 6.07 Å². The first-order valence-corrected chi connectivity index (χ1v) is 7.10. The number of ether oxygens (including phenoxy) is 2. The van der Waals surface area contributed by atoms with Crippen LogP contribution in [-0.4, -0.2) is 42.2 Å². The van der Waals surface area contributed by atoms with Crippen molar-refractivity contribution in [2.24, 2.45) is 0 Å². The molecule has 0 aliphatic heterocycles. The molecule has 0 atom stereocenters. The first-order valence-electron chi connectivity index (χ1n) is 5.69. The number of rotatable bonds is 6. The van der Waals surface area contributed by atoms with E-state index in [0.717, 1.165) is 13.2 Å². The fourth-order valence-corrected chi connectivity index (χ4v) is 2.39. The maximum Gasteiger partial charge on any atom is 0.300 e. The molecule has 0 fully saturated rings. The lowest BCUT2D eigenvalue weighted by Gasteiger charge is -2.13. The highest BCUT2D eigenvalue weighted by Crippen LogP contribution is 2.32. The van der Waals surface area contributed by atoms with Gasteiger partial charge in [0, 0.05) is 6.07 Å². The number of carbonyl (C=O) groups excluding carboxylic acids is 1. The molecule has 21 heavy (non-hydrogen) atoms. The molecule has 0 aliphatic carbocycles. The molecular formula is C13H15NO6S. The van der Waals surface area contributed by atoms with E-state index >= 15 is 0 Å². The predicted octanol–water partition coefficient (Wildman–Crippen LogP) is 0.402. The van der Waals surface area contributed by atoms with E-state index in [2.05, 4.69) is 15.4 Å². The third-order valence-corrected chi connectivity index (χ3v) is 3.87. The Balaban J connectivity index is 3.47. The Morgan fingerprint density at radius 2 is 1.86 bits per heavy atom. The molecule has 0 heterocycles. The molecule has 0 saturated heterocycles. The SMILES string of the molecule is C#CCNC(=O)c1cc(S(=O)(=O)OC)c(OC)cc1OC. The smallest absolute Gasteiger partial charge is 0.300 e. The van der Waals surface area contributed by atoms with Crippen LogP contribution in [-0.2, 0) is 14.3 Å². The summed E-state index contributed by atoms with van der Waals surface area (Å²) in [6.45, 7) is 0.000375. The molecule has 0 unspecified atom stereocenters. The second-order valence-electron chi connectivity index (χ2n) is 3.71. The summed E-state index contributed by atoms with van der Waals surface area (Å²) in [6, 6.07) is 2.40. The van der Waals surface area contributed by atoms with E-state index in [1.54, 1.807) is 0 Å². The van der Waals surface area contributed by atoms with Crippen LogP contribution in [0.3, 0.4) is 0 Å². The zero-order valence-corrected chi connectivity index (χ0v) is 12.6. The zero-order chi connectivity index (χ0) is 16.0. The highest BCUT2D eigenvalue weighted by atomic mass is 32.2. The average Bonchev–Trinajstić information content (AvgIpc) is 2.50. The normalized spacial score (nSPS) is 10.6. The van der Waals surface area contributed by atoms with Crippen LogP contribution in [0.25, 0.3) is 0 Å². The molecule has 0 saturated carbocycles. The number of nitrogens with one attached hydrogen (secondary N) is 1. The van der Waals surface area contributed by atoms with Crippen molar-refractivity contribution >= 4 is 16.0 Å². The van der Waals surface area contributed by atoms with Gasteiger partial charge < -0.3 is 14.8 Å². The number of methoxy groups -OCH3 is 2. The fourth-order valence-electron chi connectivity index (χ4n) is 1.56. The van der Waals surface area contributed by atoms with Gasteiger partial charge >= 0.3 is 0 Å². The van der Waals surface area contributed by atoms with Crippen molar-refractivity contribution in [1.82, 2.24) is 5.32 Å². The summed E-state index contributed by atoms with van der Waals surface area (Å²) >= 11 is 0. The van der Waals surface area contributed by atoms with Crippen molar-refractivity contribution < 1.29 is 26.9 Å². The molecule has 1 N–H and O–H groups in total. The summed E-state index contributed by atoms with van der Waals surface area (Å²) in [5, 5.41) is 2.43. The first-order chi connectivity index (χ1) is 9.91. The van der Waals surface area contributed by atoms with Crippen molar-refractivity contribution in [1.29, 1.82) is 0 Å². The van der Waals surface area contributed by atoms with Crippen LogP contribution >= 0.6 is 0 Å². The Bertz CT molecular complexity index is 675. The van der Waals surface area contributed by atoms with Crippen LogP contribution in [0.15, 0.2) is 17.0 Å². The van der Waals surface area contributed by atoms with Crippen LogP contribution in [0, 0.1) is 12.3 Å². The average molecular weight is 313 g/mol. The second kappa shape index (κ2) is 6.97. The van der Waals surface area contributed by atoms with E-state index in [1.165, 1.54) is 20.3 Å². The second-order valence-corrected chi connectivity index (χ2v) is 5.39. The lowest BCUT2D eigenvalue weighted by Crippen LogP contribution is -2.24. The Morgan fingerprint density at radius 1 is 1.24 bits per heavy atom. The Morgan fingerprint density at radius 3 is 2.33 bits per heavy atom. The van der Waals surface area contributed by atoms with E-state index in [0.29, 0.717) is 0 Å². The standard InChI is InChI=1S/C13H15NO6S/c1-5-6-14-13(15)9-7-12(21(16,17)20-4)11(19-3)8-10(9)18-2/h1,7-8H,6H2,2-4H3,(H,14,15). The van der Waals surface area contributed by atoms with Gasteiger partial charge in [-0.1, -0.05) is 5.92 Å². The third kappa shape index (κ3) is 3.65. The first kappa shape index (κ1) is 16.8. The molecule has 1 rings (SSSR count). The monoisotopic (exact) mass is 313 g/mol. The molecule has 0 aromatic heterocycles. The Kier molecular flexibility index (Phi) is 5.58. The largest absolute Gasteiger partial charge is 0.496 e. The molecule has 0 bridgehead atoms. The number of hydrogen-bond acceptors (Lipinski definition) is 6. The molecule has 114 valence electrons. The number of terminal acetylenes is 1. The van der Waals surface area contributed by atoms with E-state index in [9.17, 15) is 13.2 Å². The highest BCUT2D eigenvalue weighted by molar-refractivity contribution is 7.86. The van der Waals surface area contributed by atoms with Crippen LogP contribution in [0.4, 0.5) is 0 Å². The quantitative estimate of drug-likeness (QED) is 0.604. The predicted molar refractivity (Wildman–Crippen MR) is 74.9 cm³/mol. The molecule has 0 radical (unpaired) electrons. The molecule has 1 aromatic rings. The Hall–Kier alpha value is -2.24. The minimum absolute atomic E-state index is 0.000375. The van der Waals surface area contributed by atoms with Crippen molar-refractivity contribution in [3.63, 3.8) is 0 Å². The van der Waals surface area contributed by atoms with Gasteiger partial charge in [0.1, 0.15) is 16.4 Å². The van der Waals surface area contributed by atoms with Gasteiger partial charge in [-0.15, -0.1) is 6.42 Å². The van der Waals surface area contributed by atoms with Crippen LogP contribution in [0.2, 0.25) is 0 Å². The van der Waals surface area contributed by atoms with E-state index < -0.39 is 16.0 Å². The van der Waals surface area contributed by atoms with Gasteiger partial charge in [0.25, 0.3) is 16.0 Å². The third-order valence-electron chi connectivity index (χ3n) is 2.57. The Labute approximate surface area is 123 Å². The van der Waals surface area contributed by atoms with Gasteiger partial charge in [-0.3, -0.25) is 8.98 Å². The van der Waals surface area contributed by atoms with Crippen LogP contribution in [0.5, 0.6) is 11.5 Å². The summed E-state index contributed by atoms with van der Waals surface area (Å²) in [6.07, 6.45) is 5.06. The number of benzene rings is 1. The van der Waals surface area contributed by atoms with E-state index in [4.69, 9.17) is 15.9 Å². The lowest BCUT2D eigenvalue weighted by molar-refractivity contribution is 0.0955. The van der Waals surface area contributed by atoms with Gasteiger partial charge in [0.15, 0.2) is 0 Å². The van der Waals surface area contributed by atoms with Gasteiger partial charge in [0.05, 0.1) is 33.4 Å². The van der Waals surface area contributed by atoms with Gasteiger partial charge in [0.2, 0.25) is 0 Å². The minimum atomic E-state index is -4.04. The fraction of sp³-hybridized carbons (Fsp3) is 0.308. The summed E-state index contributed by atoms with van der Waals surface area (Å²) in [5.41, 5.74) is 0.00387. The zero-order valence-electron chi connectivity index (χ0n) is 11.8. The van der Waals surface area contributed by atoms with Gasteiger partial charge in [-0.25, -0.2) is 0 Å². The summed E-state index contributed by atoms with van der Waals surface area (Å²) in [4.78, 5) is 11.7. The molecule has 0 aliphatic rings. The van der Waals surface area contributed by atoms with Crippen molar-refractivity contribution in [2.45, 2.75) is 4.90 Å². The minimum Gasteiger partial charge on any atom is -0.496 e. The maximum atomic E-state index is 12.0. The summed E-state index contributed by atoms with van der Waals surface area (Å²) in [7, 11) is -0.395. The summed E-state index contributed by atoms with van der Waals surface area (Å²) < 4.78 is 38.2. The molecule has 0 spiro atoms. The van der Waals surface area contributed by atoms with Crippen molar-refractivity contribution in [3.05, 3.63) is 17.7 Å². The maximum absolute atomic E-state index is 12.0. The number of carbonyl (C=O) groups is 1. The van der Waals surface area contributed by atoms with Crippen LogP contribution < -0.4 is 14.8 Å². The van der Waals surface area contributed by atoms with E-state index in [1.807, 2.05) is 0 Å². The molecule has 8 heteroatoms. The van der Waals surface area contributed by atoms with E-state index in [-0.39, 0.29) is 28.5 Å². The van der Waals surface area contributed by atoms with Crippen LogP contribution in [0.1, 0.15) is 10.4 Å². The molecular weight excluding hydrogens is 298 g/mol. The summed E-state index contributed by atoms with van der Waals surface area (Å²) in [5.74, 6) is 1.83. The molecule has 1 amide bonds. The molecule has 7 nitrogen and oxygen atoms in total. The topological polar surface area (TPSA) is 90.9 Å². The van der Waals surface area contributed by atoms with Crippen molar-refractivity contribution in [3.8, 4) is 23.8 Å². The van der Waals surface area contributed by atoms with Gasteiger partial charge in [-0.2, -0.15) is 8.42 Å². The highest BCUT2D eigenvalue weighted by Gasteiger charge is 2.24. The lowest BCUT2D eigenvalue weighted by atomic mass is 10.1. The molecule has 1 aromatic carbocycles. The number of amides is 1. The number of hydrogen-bond donors (Lipinski definition) is 1.